The van der Waals surface area contributed by atoms with Crippen molar-refractivity contribution in [1.29, 1.82) is 0 Å². The van der Waals surface area contributed by atoms with E-state index in [1.165, 1.54) is 14.0 Å². The minimum Gasteiger partial charge on any atom is -0.467 e. The molecule has 1 heterocycles. The minimum absolute atomic E-state index is 0.000384. The topological polar surface area (TPSA) is 196 Å². The Morgan fingerprint density at radius 2 is 1.96 bits per heavy atom. The lowest BCUT2D eigenvalue weighted by atomic mass is 10.1. The van der Waals surface area contributed by atoms with Crippen molar-refractivity contribution in [3.8, 4) is 0 Å². The van der Waals surface area contributed by atoms with Crippen LogP contribution in [0.1, 0.15) is 56.5 Å². The SMILES string of the molecule is COC(=O)C1(NC(=O)N[C@@H](CCC(N)=O)c2nnc([C@@H](N)C(C)O)o2)CC1. The number of aromatic nitrogens is 2. The maximum Gasteiger partial charge on any atom is 0.331 e. The van der Waals surface area contributed by atoms with Gasteiger partial charge in [0.05, 0.1) is 13.2 Å². The lowest BCUT2D eigenvalue weighted by Gasteiger charge is -2.19. The Kier molecular flexibility index (Phi) is 6.33. The number of methoxy groups -OCH3 is 1. The molecule has 12 nitrogen and oxygen atoms in total. The molecule has 0 aliphatic heterocycles. The zero-order valence-corrected chi connectivity index (χ0v) is 15.1. The molecule has 1 unspecified atom stereocenters. The van der Waals surface area contributed by atoms with Crippen LogP contribution in [0.2, 0.25) is 0 Å². The van der Waals surface area contributed by atoms with Crippen LogP contribution in [0, 0.1) is 0 Å². The van der Waals surface area contributed by atoms with Crippen LogP contribution in [-0.2, 0) is 14.3 Å². The van der Waals surface area contributed by atoms with Crippen molar-refractivity contribution < 1.29 is 28.6 Å². The van der Waals surface area contributed by atoms with Crippen molar-refractivity contribution in [2.45, 2.75) is 56.3 Å². The largest absolute Gasteiger partial charge is 0.467 e. The van der Waals surface area contributed by atoms with Gasteiger partial charge < -0.3 is 36.4 Å². The Hall–Kier alpha value is -2.73. The van der Waals surface area contributed by atoms with E-state index in [4.69, 9.17) is 15.9 Å². The lowest BCUT2D eigenvalue weighted by molar-refractivity contribution is -0.144. The van der Waals surface area contributed by atoms with Gasteiger partial charge in [0.2, 0.25) is 17.7 Å². The van der Waals surface area contributed by atoms with E-state index in [1.807, 2.05) is 0 Å². The maximum absolute atomic E-state index is 12.3. The quantitative estimate of drug-likeness (QED) is 0.323. The highest BCUT2D eigenvalue weighted by molar-refractivity contribution is 5.90. The van der Waals surface area contributed by atoms with Crippen LogP contribution in [0.3, 0.4) is 0 Å². The van der Waals surface area contributed by atoms with Crippen LogP contribution in [0.15, 0.2) is 4.42 Å². The third-order valence-corrected chi connectivity index (χ3v) is 4.22. The number of urea groups is 1. The van der Waals surface area contributed by atoms with Crippen LogP contribution in [0.5, 0.6) is 0 Å². The van der Waals surface area contributed by atoms with Crippen LogP contribution >= 0.6 is 0 Å². The summed E-state index contributed by atoms with van der Waals surface area (Å²) >= 11 is 0. The molecule has 1 aromatic heterocycles. The molecule has 27 heavy (non-hydrogen) atoms. The highest BCUT2D eigenvalue weighted by Gasteiger charge is 2.52. The van der Waals surface area contributed by atoms with Gasteiger partial charge in [0.1, 0.15) is 17.6 Å². The molecule has 1 saturated carbocycles. The van der Waals surface area contributed by atoms with E-state index >= 15 is 0 Å². The first-order valence-corrected chi connectivity index (χ1v) is 8.41. The van der Waals surface area contributed by atoms with Gasteiger partial charge in [0.25, 0.3) is 0 Å². The highest BCUT2D eigenvalue weighted by atomic mass is 16.5. The third kappa shape index (κ3) is 5.14. The molecule has 0 bridgehead atoms. The zero-order valence-electron chi connectivity index (χ0n) is 15.1. The molecule has 0 saturated heterocycles. The summed E-state index contributed by atoms with van der Waals surface area (Å²) in [5, 5.41) is 22.2. The van der Waals surface area contributed by atoms with Crippen LogP contribution < -0.4 is 22.1 Å². The summed E-state index contributed by atoms with van der Waals surface area (Å²) in [5.74, 6) is -1.12. The van der Waals surface area contributed by atoms with Crippen LogP contribution in [0.4, 0.5) is 4.79 Å². The number of esters is 1. The van der Waals surface area contributed by atoms with Crippen LogP contribution in [-0.4, -0.2) is 52.0 Å². The molecule has 7 N–H and O–H groups in total. The molecule has 150 valence electrons. The first-order valence-electron chi connectivity index (χ1n) is 8.41. The summed E-state index contributed by atoms with van der Waals surface area (Å²) in [6.45, 7) is 1.46. The van der Waals surface area contributed by atoms with Crippen molar-refractivity contribution in [2.75, 3.05) is 7.11 Å². The molecule has 12 heteroatoms. The molecule has 0 radical (unpaired) electrons. The summed E-state index contributed by atoms with van der Waals surface area (Å²) in [7, 11) is 1.24. The molecule has 1 aromatic rings. The molecular weight excluding hydrogens is 360 g/mol. The first kappa shape index (κ1) is 20.6. The average molecular weight is 384 g/mol. The number of ether oxygens (including phenoxy) is 1. The fraction of sp³-hybridized carbons (Fsp3) is 0.667. The Bertz CT molecular complexity index is 701. The Labute approximate surface area is 155 Å². The predicted octanol–water partition coefficient (Wildman–Crippen LogP) is -1.24. The number of aliphatic hydroxyl groups excluding tert-OH is 1. The fourth-order valence-electron chi connectivity index (χ4n) is 2.38. The average Bonchev–Trinajstić information content (AvgIpc) is 3.22. The summed E-state index contributed by atoms with van der Waals surface area (Å²) in [5.41, 5.74) is 9.87. The van der Waals surface area contributed by atoms with Gasteiger partial charge in [0, 0.05) is 6.42 Å². The van der Waals surface area contributed by atoms with E-state index in [0.29, 0.717) is 12.8 Å². The molecule has 0 spiro atoms. The van der Waals surface area contributed by atoms with Crippen molar-refractivity contribution in [1.82, 2.24) is 20.8 Å². The molecular formula is C15H24N6O6. The molecule has 1 fully saturated rings. The summed E-state index contributed by atoms with van der Waals surface area (Å²) < 4.78 is 10.1. The molecule has 0 aromatic carbocycles. The zero-order chi connectivity index (χ0) is 20.2. The molecule has 1 aliphatic rings. The van der Waals surface area contributed by atoms with Crippen molar-refractivity contribution in [3.63, 3.8) is 0 Å². The second-order valence-electron chi connectivity index (χ2n) is 6.47. The second-order valence-corrected chi connectivity index (χ2v) is 6.47. The number of amides is 3. The van der Waals surface area contributed by atoms with E-state index in [9.17, 15) is 19.5 Å². The number of nitrogens with zero attached hydrogens (tertiary/aromatic N) is 2. The molecule has 2 rings (SSSR count). The minimum atomic E-state index is -1.04. The van der Waals surface area contributed by atoms with Crippen LogP contribution in [0.25, 0.3) is 0 Å². The van der Waals surface area contributed by atoms with Gasteiger partial charge in [-0.05, 0) is 26.2 Å². The number of hydrogen-bond acceptors (Lipinski definition) is 9. The molecule has 3 atom stereocenters. The highest BCUT2D eigenvalue weighted by Crippen LogP contribution is 2.36. The van der Waals surface area contributed by atoms with Gasteiger partial charge in [-0.1, -0.05) is 0 Å². The first-order chi connectivity index (χ1) is 12.7. The van der Waals surface area contributed by atoms with Crippen molar-refractivity contribution in [2.24, 2.45) is 11.5 Å². The van der Waals surface area contributed by atoms with Gasteiger partial charge in [-0.2, -0.15) is 0 Å². The smallest absolute Gasteiger partial charge is 0.331 e. The van der Waals surface area contributed by atoms with Gasteiger partial charge in [-0.3, -0.25) is 4.79 Å². The third-order valence-electron chi connectivity index (χ3n) is 4.22. The Balaban J connectivity index is 2.09. The Morgan fingerprint density at radius 3 is 2.48 bits per heavy atom. The number of primary amides is 1. The van der Waals surface area contributed by atoms with Gasteiger partial charge in [0.15, 0.2) is 0 Å². The number of hydrogen-bond donors (Lipinski definition) is 5. The normalized spacial score (nSPS) is 18.1. The molecule has 1 aliphatic carbocycles. The maximum atomic E-state index is 12.3. The fourth-order valence-corrected chi connectivity index (χ4v) is 2.38. The lowest BCUT2D eigenvalue weighted by Crippen LogP contribution is -2.49. The van der Waals surface area contributed by atoms with E-state index in [-0.39, 0.29) is 24.6 Å². The number of nitrogens with one attached hydrogen (secondary N) is 2. The number of nitrogens with two attached hydrogens (primary N) is 2. The van der Waals surface area contributed by atoms with Gasteiger partial charge in [-0.25, -0.2) is 9.59 Å². The number of carbonyl (C=O) groups excluding carboxylic acids is 3. The van der Waals surface area contributed by atoms with Crippen molar-refractivity contribution in [3.05, 3.63) is 11.8 Å². The summed E-state index contributed by atoms with van der Waals surface area (Å²) in [4.78, 5) is 35.1. The Morgan fingerprint density at radius 1 is 1.33 bits per heavy atom. The van der Waals surface area contributed by atoms with Crippen molar-refractivity contribution >= 4 is 17.9 Å². The van der Waals surface area contributed by atoms with E-state index in [0.717, 1.165) is 0 Å². The second kappa shape index (κ2) is 8.31. The van der Waals surface area contributed by atoms with E-state index in [1.54, 1.807) is 0 Å². The van der Waals surface area contributed by atoms with Gasteiger partial charge >= 0.3 is 12.0 Å². The monoisotopic (exact) mass is 384 g/mol. The number of aliphatic hydroxyl groups is 1. The standard InChI is InChI=1S/C15H24N6O6/c1-7(22)10(17)12-21-20-11(27-12)8(3-4-9(16)23)18-14(25)19-15(5-6-15)13(24)26-2/h7-8,10,22H,3-6,17H2,1-2H3,(H2,16,23)(H2,18,19,25)/t7?,8-,10-/m0/s1. The summed E-state index contributed by atoms with van der Waals surface area (Å²) in [6.07, 6.45) is 0.0562. The molecule has 3 amide bonds. The number of rotatable bonds is 9. The summed E-state index contributed by atoms with van der Waals surface area (Å²) in [6, 6.07) is -2.40. The number of carbonyl (C=O) groups is 3. The van der Waals surface area contributed by atoms with E-state index in [2.05, 4.69) is 25.6 Å². The van der Waals surface area contributed by atoms with Gasteiger partial charge in [-0.15, -0.1) is 10.2 Å². The predicted molar refractivity (Wildman–Crippen MR) is 89.7 cm³/mol. The van der Waals surface area contributed by atoms with E-state index < -0.39 is 41.6 Å².